The molecule has 0 bridgehead atoms. The van der Waals surface area contributed by atoms with Crippen LogP contribution in [0.15, 0.2) is 4.99 Å². The molecule has 0 aromatic rings. The number of guanidine groups is 1. The normalized spacial score (nSPS) is 18.4. The van der Waals surface area contributed by atoms with Crippen LogP contribution < -0.4 is 38.5 Å². The van der Waals surface area contributed by atoms with Gasteiger partial charge in [0, 0.05) is 13.5 Å². The number of aliphatic imine (C=N–C) groups is 1. The van der Waals surface area contributed by atoms with Gasteiger partial charge in [0.15, 0.2) is 5.96 Å². The molecule has 2 rings (SSSR count). The molecule has 0 aromatic carbocycles. The average molecular weight is 635 g/mol. The van der Waals surface area contributed by atoms with Gasteiger partial charge in [-0.05, 0) is 43.9 Å². The van der Waals surface area contributed by atoms with Gasteiger partial charge in [-0.3, -0.25) is 29.0 Å². The zero-order chi connectivity index (χ0) is 33.2. The fourth-order valence-corrected chi connectivity index (χ4v) is 6.50. The summed E-state index contributed by atoms with van der Waals surface area (Å²) in [6, 6.07) is -3.48. The third-order valence-electron chi connectivity index (χ3n) is 9.00. The highest BCUT2D eigenvalue weighted by Crippen LogP contribution is 2.28. The Bertz CT molecular complexity index is 990. The Hall–Kier alpha value is -3.38. The molecule has 0 aromatic heterocycles. The van der Waals surface area contributed by atoms with Gasteiger partial charge in [-0.2, -0.15) is 0 Å². The number of unbranched alkanes of at least 4 members (excludes halogenated alkanes) is 1. The monoisotopic (exact) mass is 634 g/mol. The highest BCUT2D eigenvalue weighted by Gasteiger charge is 2.33. The van der Waals surface area contributed by atoms with Crippen LogP contribution in [-0.2, 0) is 24.0 Å². The first-order valence-electron chi connectivity index (χ1n) is 17.0. The van der Waals surface area contributed by atoms with Crippen LogP contribution in [-0.4, -0.2) is 66.2 Å². The number of carbonyl (C=O) groups excluding carboxylic acids is 5. The summed E-state index contributed by atoms with van der Waals surface area (Å²) in [5.74, 6) is -1.84. The molecule has 0 spiro atoms. The minimum Gasteiger partial charge on any atom is -0.370 e. The third-order valence-corrected chi connectivity index (χ3v) is 9.00. The van der Waals surface area contributed by atoms with E-state index in [4.69, 9.17) is 17.2 Å². The molecular formula is C32H58N8O5. The lowest BCUT2D eigenvalue weighted by molar-refractivity contribution is -0.134. The van der Waals surface area contributed by atoms with E-state index in [0.29, 0.717) is 44.6 Å². The van der Waals surface area contributed by atoms with Crippen LogP contribution in [0.3, 0.4) is 0 Å². The van der Waals surface area contributed by atoms with Crippen molar-refractivity contribution in [3.05, 3.63) is 0 Å². The Labute approximate surface area is 268 Å². The molecule has 45 heavy (non-hydrogen) atoms. The molecule has 2 saturated carbocycles. The van der Waals surface area contributed by atoms with Gasteiger partial charge in [0.2, 0.25) is 29.5 Å². The zero-order valence-electron chi connectivity index (χ0n) is 27.4. The van der Waals surface area contributed by atoms with Crippen molar-refractivity contribution in [2.75, 3.05) is 6.54 Å². The highest BCUT2D eigenvalue weighted by molar-refractivity contribution is 5.95. The van der Waals surface area contributed by atoms with E-state index in [-0.39, 0.29) is 24.2 Å². The van der Waals surface area contributed by atoms with E-state index in [2.05, 4.69) is 26.3 Å². The van der Waals surface area contributed by atoms with Crippen molar-refractivity contribution in [2.24, 2.45) is 34.0 Å². The molecule has 256 valence electrons. The van der Waals surface area contributed by atoms with Gasteiger partial charge in [-0.1, -0.05) is 84.0 Å². The van der Waals surface area contributed by atoms with Crippen LogP contribution >= 0.6 is 0 Å². The van der Waals surface area contributed by atoms with Crippen LogP contribution in [0, 0.1) is 11.8 Å². The van der Waals surface area contributed by atoms with Crippen LogP contribution in [0.5, 0.6) is 0 Å². The predicted octanol–water partition coefficient (Wildman–Crippen LogP) is 1.62. The molecule has 13 nitrogen and oxygen atoms in total. The first-order valence-corrected chi connectivity index (χ1v) is 17.0. The topological polar surface area (TPSA) is 224 Å². The van der Waals surface area contributed by atoms with Crippen molar-refractivity contribution in [2.45, 2.75) is 147 Å². The van der Waals surface area contributed by atoms with Gasteiger partial charge in [-0.15, -0.1) is 0 Å². The molecule has 0 heterocycles. The minimum absolute atomic E-state index is 0.0578. The number of hydrogen-bond acceptors (Lipinski definition) is 6. The lowest BCUT2D eigenvalue weighted by atomic mass is 9.84. The molecular weight excluding hydrogens is 576 g/mol. The molecule has 2 fully saturated rings. The molecule has 5 amide bonds. The number of amides is 5. The van der Waals surface area contributed by atoms with Crippen molar-refractivity contribution in [3.63, 3.8) is 0 Å². The van der Waals surface area contributed by atoms with Crippen molar-refractivity contribution < 1.29 is 24.0 Å². The molecule has 0 unspecified atom stereocenters. The zero-order valence-corrected chi connectivity index (χ0v) is 27.4. The van der Waals surface area contributed by atoms with Crippen molar-refractivity contribution >= 4 is 35.5 Å². The van der Waals surface area contributed by atoms with E-state index in [1.807, 2.05) is 6.92 Å². The second kappa shape index (κ2) is 20.6. The van der Waals surface area contributed by atoms with Gasteiger partial charge >= 0.3 is 0 Å². The van der Waals surface area contributed by atoms with E-state index in [9.17, 15) is 24.0 Å². The summed E-state index contributed by atoms with van der Waals surface area (Å²) in [6.07, 6.45) is 14.1. The van der Waals surface area contributed by atoms with Crippen LogP contribution in [0.2, 0.25) is 0 Å². The Balaban J connectivity index is 2.18. The summed E-state index contributed by atoms with van der Waals surface area (Å²) in [4.78, 5) is 68.9. The first kappa shape index (κ1) is 37.8. The van der Waals surface area contributed by atoms with Gasteiger partial charge in [0.05, 0.1) is 0 Å². The second-order valence-corrected chi connectivity index (χ2v) is 12.9. The Morgan fingerprint density at radius 3 is 1.58 bits per heavy atom. The average Bonchev–Trinajstić information content (AvgIpc) is 3.00. The fourth-order valence-electron chi connectivity index (χ4n) is 6.50. The van der Waals surface area contributed by atoms with E-state index >= 15 is 0 Å². The number of nitrogens with one attached hydrogen (secondary N) is 4. The number of carbonyl (C=O) groups is 5. The molecule has 0 aliphatic heterocycles. The molecule has 13 heteroatoms. The molecule has 0 saturated heterocycles. The lowest BCUT2D eigenvalue weighted by Crippen LogP contribution is -2.58. The van der Waals surface area contributed by atoms with Gasteiger partial charge < -0.3 is 38.5 Å². The minimum atomic E-state index is -0.902. The highest BCUT2D eigenvalue weighted by atomic mass is 16.2. The predicted molar refractivity (Wildman–Crippen MR) is 174 cm³/mol. The standard InChI is InChI=1S/C32H58N8O5/c1-3-4-16-25(30(44)39-26(28(33)42)19-22-12-7-5-8-13-22)38-31(45)27(20-23-14-9-6-10-15-23)40-29(43)24(37-21(2)41)17-11-18-36-32(34)35/h22-27H,3-20H2,1-2H3,(H2,33,42)(H,37,41)(H,38,45)(H,39,44)(H,40,43)(H4,34,35,36)/t24-,25-,26-,27-/m0/s1. The number of rotatable bonds is 19. The molecule has 4 atom stereocenters. The second-order valence-electron chi connectivity index (χ2n) is 12.9. The maximum absolute atomic E-state index is 13.8. The van der Waals surface area contributed by atoms with Crippen LogP contribution in [0.4, 0.5) is 0 Å². The number of primary amides is 1. The maximum atomic E-state index is 13.8. The Kier molecular flexibility index (Phi) is 17.3. The molecule has 0 radical (unpaired) electrons. The smallest absolute Gasteiger partial charge is 0.243 e. The fraction of sp³-hybridized carbons (Fsp3) is 0.812. The van der Waals surface area contributed by atoms with Crippen LogP contribution in [0.25, 0.3) is 0 Å². The Morgan fingerprint density at radius 1 is 0.644 bits per heavy atom. The largest absolute Gasteiger partial charge is 0.370 e. The Morgan fingerprint density at radius 2 is 1.09 bits per heavy atom. The summed E-state index contributed by atoms with van der Waals surface area (Å²) in [5, 5.41) is 11.3. The van der Waals surface area contributed by atoms with E-state index < -0.39 is 47.8 Å². The van der Waals surface area contributed by atoms with Crippen molar-refractivity contribution in [3.8, 4) is 0 Å². The first-order chi connectivity index (χ1) is 21.5. The quantitative estimate of drug-likeness (QED) is 0.0631. The van der Waals surface area contributed by atoms with E-state index in [1.54, 1.807) is 0 Å². The van der Waals surface area contributed by atoms with Gasteiger partial charge in [0.25, 0.3) is 0 Å². The summed E-state index contributed by atoms with van der Waals surface area (Å²) in [6.45, 7) is 3.61. The lowest BCUT2D eigenvalue weighted by Gasteiger charge is -2.30. The molecule has 10 N–H and O–H groups in total. The summed E-state index contributed by atoms with van der Waals surface area (Å²) < 4.78 is 0. The van der Waals surface area contributed by atoms with Gasteiger partial charge in [0.1, 0.15) is 24.2 Å². The van der Waals surface area contributed by atoms with Crippen molar-refractivity contribution in [1.82, 2.24) is 21.3 Å². The summed E-state index contributed by atoms with van der Waals surface area (Å²) >= 11 is 0. The number of nitrogens with zero attached hydrogens (tertiary/aromatic N) is 1. The van der Waals surface area contributed by atoms with E-state index in [0.717, 1.165) is 64.2 Å². The van der Waals surface area contributed by atoms with E-state index in [1.165, 1.54) is 13.3 Å². The van der Waals surface area contributed by atoms with Crippen molar-refractivity contribution in [1.29, 1.82) is 0 Å². The molecule has 2 aliphatic carbocycles. The summed E-state index contributed by atoms with van der Waals surface area (Å²) in [7, 11) is 0. The molecule has 2 aliphatic rings. The SMILES string of the molecule is CCCC[C@H](NC(=O)[C@H](CC1CCCCC1)NC(=O)[C@H](CCCN=C(N)N)NC(C)=O)C(=O)N[C@@H](CC1CCCCC1)C(N)=O. The number of nitrogens with two attached hydrogens (primary N) is 3. The van der Waals surface area contributed by atoms with Crippen LogP contribution in [0.1, 0.15) is 123 Å². The van der Waals surface area contributed by atoms with Gasteiger partial charge in [-0.25, -0.2) is 0 Å². The third kappa shape index (κ3) is 15.0. The summed E-state index contributed by atoms with van der Waals surface area (Å²) in [5.41, 5.74) is 16.5. The maximum Gasteiger partial charge on any atom is 0.243 e. The number of hydrogen-bond donors (Lipinski definition) is 7.